The average Bonchev–Trinajstić information content (AvgIpc) is 2.19. The van der Waals surface area contributed by atoms with Gasteiger partial charge in [0, 0.05) is 6.54 Å². The second-order valence-electron chi connectivity index (χ2n) is 3.33. The van der Waals surface area contributed by atoms with Crippen LogP contribution in [0.1, 0.15) is 18.5 Å². The van der Waals surface area contributed by atoms with E-state index >= 15 is 0 Å². The summed E-state index contributed by atoms with van der Waals surface area (Å²) in [6.45, 7) is 6.13. The van der Waals surface area contributed by atoms with Crippen LogP contribution < -0.4 is 5.32 Å². The van der Waals surface area contributed by atoms with Crippen molar-refractivity contribution >= 4 is 0 Å². The molecule has 0 amide bonds. The molecule has 0 aliphatic carbocycles. The number of aliphatic hydroxyl groups is 1. The average molecular weight is 191 g/mol. The van der Waals surface area contributed by atoms with E-state index in [9.17, 15) is 5.11 Å². The topological polar surface area (TPSA) is 32.3 Å². The first-order chi connectivity index (χ1) is 6.75. The smallest absolute Gasteiger partial charge is 0.0706 e. The minimum Gasteiger partial charge on any atom is -0.391 e. The molecule has 1 aromatic carbocycles. The van der Waals surface area contributed by atoms with E-state index in [0.717, 1.165) is 5.56 Å². The Morgan fingerprint density at radius 1 is 1.43 bits per heavy atom. The molecule has 0 bridgehead atoms. The zero-order chi connectivity index (χ0) is 10.4. The molecular formula is C12H17NO. The highest BCUT2D eigenvalue weighted by Crippen LogP contribution is 2.15. The Labute approximate surface area is 85.3 Å². The quantitative estimate of drug-likeness (QED) is 0.696. The highest BCUT2D eigenvalue weighted by Gasteiger charge is 2.14. The summed E-state index contributed by atoms with van der Waals surface area (Å²) in [6.07, 6.45) is 1.38. The van der Waals surface area contributed by atoms with Gasteiger partial charge < -0.3 is 10.4 Å². The van der Waals surface area contributed by atoms with Gasteiger partial charge in [-0.15, -0.1) is 6.58 Å². The molecule has 2 unspecified atom stereocenters. The standard InChI is InChI=1S/C12H17NO/c1-3-9-13-12(10(2)14)11-7-5-4-6-8-11/h3-8,10,12-14H,1,9H2,2H3. The maximum Gasteiger partial charge on any atom is 0.0706 e. The normalized spacial score (nSPS) is 14.7. The second-order valence-corrected chi connectivity index (χ2v) is 3.33. The van der Waals surface area contributed by atoms with E-state index in [4.69, 9.17) is 0 Å². The second kappa shape index (κ2) is 5.58. The lowest BCUT2D eigenvalue weighted by Crippen LogP contribution is -2.30. The predicted octanol–water partition coefficient (Wildman–Crippen LogP) is 1.88. The molecule has 2 heteroatoms. The van der Waals surface area contributed by atoms with Crippen LogP contribution in [0.25, 0.3) is 0 Å². The van der Waals surface area contributed by atoms with Crippen LogP contribution >= 0.6 is 0 Å². The van der Waals surface area contributed by atoms with E-state index < -0.39 is 6.10 Å². The van der Waals surface area contributed by atoms with E-state index in [1.807, 2.05) is 30.3 Å². The molecular weight excluding hydrogens is 174 g/mol. The summed E-state index contributed by atoms with van der Waals surface area (Å²) in [4.78, 5) is 0. The third-order valence-electron chi connectivity index (χ3n) is 2.12. The number of nitrogens with one attached hydrogen (secondary N) is 1. The number of hydrogen-bond donors (Lipinski definition) is 2. The van der Waals surface area contributed by atoms with E-state index in [1.165, 1.54) is 0 Å². The monoisotopic (exact) mass is 191 g/mol. The van der Waals surface area contributed by atoms with Crippen molar-refractivity contribution in [3.63, 3.8) is 0 Å². The summed E-state index contributed by atoms with van der Waals surface area (Å²) < 4.78 is 0. The van der Waals surface area contributed by atoms with Crippen LogP contribution in [0.15, 0.2) is 43.0 Å². The van der Waals surface area contributed by atoms with Gasteiger partial charge in [0.05, 0.1) is 12.1 Å². The Kier molecular flexibility index (Phi) is 4.36. The van der Waals surface area contributed by atoms with E-state index in [-0.39, 0.29) is 6.04 Å². The maximum atomic E-state index is 9.60. The van der Waals surface area contributed by atoms with Gasteiger partial charge in [-0.1, -0.05) is 36.4 Å². The lowest BCUT2D eigenvalue weighted by molar-refractivity contribution is 0.147. The molecule has 2 nitrogen and oxygen atoms in total. The minimum atomic E-state index is -0.405. The predicted molar refractivity (Wildman–Crippen MR) is 59.1 cm³/mol. The summed E-state index contributed by atoms with van der Waals surface area (Å²) in [5, 5.41) is 12.8. The molecule has 0 heterocycles. The summed E-state index contributed by atoms with van der Waals surface area (Å²) in [5.74, 6) is 0. The third-order valence-corrected chi connectivity index (χ3v) is 2.12. The molecule has 1 rings (SSSR count). The van der Waals surface area contributed by atoms with E-state index in [1.54, 1.807) is 13.0 Å². The van der Waals surface area contributed by atoms with Crippen LogP contribution in [-0.4, -0.2) is 17.8 Å². The van der Waals surface area contributed by atoms with Gasteiger partial charge in [-0.25, -0.2) is 0 Å². The van der Waals surface area contributed by atoms with Gasteiger partial charge in [-0.05, 0) is 12.5 Å². The molecule has 2 atom stereocenters. The van der Waals surface area contributed by atoms with Crippen molar-refractivity contribution in [1.82, 2.24) is 5.32 Å². The van der Waals surface area contributed by atoms with Crippen molar-refractivity contribution in [2.24, 2.45) is 0 Å². The molecule has 0 saturated carbocycles. The highest BCUT2D eigenvalue weighted by atomic mass is 16.3. The van der Waals surface area contributed by atoms with Crippen molar-refractivity contribution in [2.75, 3.05) is 6.54 Å². The van der Waals surface area contributed by atoms with Gasteiger partial charge in [0.1, 0.15) is 0 Å². The molecule has 2 N–H and O–H groups in total. The third kappa shape index (κ3) is 2.98. The van der Waals surface area contributed by atoms with Gasteiger partial charge in [0.2, 0.25) is 0 Å². The Morgan fingerprint density at radius 2 is 2.07 bits per heavy atom. The first-order valence-electron chi connectivity index (χ1n) is 4.83. The van der Waals surface area contributed by atoms with Crippen molar-refractivity contribution in [3.05, 3.63) is 48.6 Å². The molecule has 14 heavy (non-hydrogen) atoms. The largest absolute Gasteiger partial charge is 0.391 e. The van der Waals surface area contributed by atoms with E-state index in [0.29, 0.717) is 6.54 Å². The van der Waals surface area contributed by atoms with Crippen LogP contribution in [0.4, 0.5) is 0 Å². The molecule has 0 radical (unpaired) electrons. The molecule has 76 valence electrons. The Balaban J connectivity index is 2.72. The maximum absolute atomic E-state index is 9.60. The zero-order valence-corrected chi connectivity index (χ0v) is 8.48. The summed E-state index contributed by atoms with van der Waals surface area (Å²) in [6, 6.07) is 9.91. The highest BCUT2D eigenvalue weighted by molar-refractivity contribution is 5.19. The fraction of sp³-hybridized carbons (Fsp3) is 0.333. The fourth-order valence-electron chi connectivity index (χ4n) is 1.44. The Hall–Kier alpha value is -1.12. The summed E-state index contributed by atoms with van der Waals surface area (Å²) >= 11 is 0. The van der Waals surface area contributed by atoms with Gasteiger partial charge in [-0.2, -0.15) is 0 Å². The first kappa shape index (κ1) is 11.0. The van der Waals surface area contributed by atoms with Crippen molar-refractivity contribution in [1.29, 1.82) is 0 Å². The minimum absolute atomic E-state index is 0.0193. The molecule has 0 aliphatic heterocycles. The number of hydrogen-bond acceptors (Lipinski definition) is 2. The van der Waals surface area contributed by atoms with Gasteiger partial charge in [-0.3, -0.25) is 0 Å². The van der Waals surface area contributed by atoms with Crippen LogP contribution in [0, 0.1) is 0 Å². The molecule has 0 fully saturated rings. The molecule has 0 aromatic heterocycles. The lowest BCUT2D eigenvalue weighted by atomic mass is 10.0. The van der Waals surface area contributed by atoms with Crippen LogP contribution in [0.3, 0.4) is 0 Å². The summed E-state index contributed by atoms with van der Waals surface area (Å²) in [7, 11) is 0. The Bertz CT molecular complexity index is 269. The van der Waals surface area contributed by atoms with Gasteiger partial charge in [0.25, 0.3) is 0 Å². The van der Waals surface area contributed by atoms with Crippen molar-refractivity contribution < 1.29 is 5.11 Å². The van der Waals surface area contributed by atoms with Gasteiger partial charge >= 0.3 is 0 Å². The van der Waals surface area contributed by atoms with Gasteiger partial charge in [0.15, 0.2) is 0 Å². The number of benzene rings is 1. The lowest BCUT2D eigenvalue weighted by Gasteiger charge is -2.21. The van der Waals surface area contributed by atoms with Crippen molar-refractivity contribution in [2.45, 2.75) is 19.1 Å². The number of rotatable bonds is 5. The SMILES string of the molecule is C=CCNC(c1ccccc1)C(C)O. The van der Waals surface area contributed by atoms with Crippen molar-refractivity contribution in [3.8, 4) is 0 Å². The molecule has 0 saturated heterocycles. The van der Waals surface area contributed by atoms with Crippen LogP contribution in [0.5, 0.6) is 0 Å². The van der Waals surface area contributed by atoms with Crippen LogP contribution in [-0.2, 0) is 0 Å². The fourth-order valence-corrected chi connectivity index (χ4v) is 1.44. The molecule has 0 aliphatic rings. The number of aliphatic hydroxyl groups excluding tert-OH is 1. The summed E-state index contributed by atoms with van der Waals surface area (Å²) in [5.41, 5.74) is 1.10. The molecule has 1 aromatic rings. The first-order valence-corrected chi connectivity index (χ1v) is 4.83. The zero-order valence-electron chi connectivity index (χ0n) is 8.48. The van der Waals surface area contributed by atoms with Crippen LogP contribution in [0.2, 0.25) is 0 Å². The molecule has 0 spiro atoms. The Morgan fingerprint density at radius 3 is 2.57 bits per heavy atom. The van der Waals surface area contributed by atoms with E-state index in [2.05, 4.69) is 11.9 Å².